The maximum atomic E-state index is 11.2. The zero-order valence-corrected chi connectivity index (χ0v) is 14.3. The van der Waals surface area contributed by atoms with Gasteiger partial charge in [-0.1, -0.05) is 31.9 Å². The summed E-state index contributed by atoms with van der Waals surface area (Å²) in [6, 6.07) is 6.92. The molecule has 0 aliphatic heterocycles. The van der Waals surface area contributed by atoms with Crippen molar-refractivity contribution >= 4 is 27.4 Å². The van der Waals surface area contributed by atoms with Crippen molar-refractivity contribution in [3.8, 4) is 0 Å². The van der Waals surface area contributed by atoms with Crippen molar-refractivity contribution in [3.05, 3.63) is 29.8 Å². The molecule has 2 atom stereocenters. The summed E-state index contributed by atoms with van der Waals surface area (Å²) >= 11 is 5.33. The molecular weight excluding hydrogens is 318 g/mol. The molecule has 7 heteroatoms. The molecule has 0 saturated heterocycles. The van der Waals surface area contributed by atoms with E-state index in [0.717, 1.165) is 12.0 Å². The van der Waals surface area contributed by atoms with Crippen LogP contribution in [0.25, 0.3) is 0 Å². The summed E-state index contributed by atoms with van der Waals surface area (Å²) in [5, 5.41) is 12.3. The molecule has 122 valence electrons. The van der Waals surface area contributed by atoms with E-state index in [2.05, 4.69) is 17.6 Å². The number of benzene rings is 1. The summed E-state index contributed by atoms with van der Waals surface area (Å²) < 4.78 is 22.4. The lowest BCUT2D eigenvalue weighted by Crippen LogP contribution is -2.45. The van der Waals surface area contributed by atoms with E-state index in [1.807, 2.05) is 0 Å². The van der Waals surface area contributed by atoms with Gasteiger partial charge in [0.2, 0.25) is 10.0 Å². The van der Waals surface area contributed by atoms with Gasteiger partial charge in [-0.05, 0) is 48.7 Å². The second-order valence-corrected chi connectivity index (χ2v) is 7.85. The Morgan fingerprint density at radius 2 is 1.91 bits per heavy atom. The third-order valence-corrected chi connectivity index (χ3v) is 5.32. The molecule has 1 fully saturated rings. The van der Waals surface area contributed by atoms with Gasteiger partial charge < -0.3 is 10.6 Å². The molecule has 1 saturated carbocycles. The molecule has 0 unspecified atom stereocenters. The van der Waals surface area contributed by atoms with Gasteiger partial charge in [0.15, 0.2) is 5.11 Å². The average molecular weight is 342 g/mol. The van der Waals surface area contributed by atoms with Crippen LogP contribution in [-0.4, -0.2) is 19.6 Å². The normalized spacial score (nSPS) is 22.1. The fraction of sp³-hybridized carbons (Fsp3) is 0.533. The molecule has 0 heterocycles. The molecule has 0 amide bonds. The minimum absolute atomic E-state index is 0.119. The summed E-state index contributed by atoms with van der Waals surface area (Å²) in [4.78, 5) is 0.119. The molecule has 5 nitrogen and oxygen atoms in total. The molecule has 4 N–H and O–H groups in total. The van der Waals surface area contributed by atoms with Crippen LogP contribution >= 0.6 is 12.2 Å². The predicted molar refractivity (Wildman–Crippen MR) is 91.8 cm³/mol. The molecule has 0 radical (unpaired) electrons. The van der Waals surface area contributed by atoms with Gasteiger partial charge in [0.05, 0.1) is 4.90 Å². The fourth-order valence-corrected chi connectivity index (χ4v) is 3.47. The maximum absolute atomic E-state index is 11.2. The van der Waals surface area contributed by atoms with Crippen LogP contribution in [-0.2, 0) is 16.6 Å². The van der Waals surface area contributed by atoms with Gasteiger partial charge in [0.1, 0.15) is 0 Å². The van der Waals surface area contributed by atoms with Crippen molar-refractivity contribution in [2.45, 2.75) is 50.1 Å². The first-order chi connectivity index (χ1) is 10.4. The summed E-state index contributed by atoms with van der Waals surface area (Å²) in [6.45, 7) is 2.81. The number of nitrogens with two attached hydrogens (primary N) is 1. The van der Waals surface area contributed by atoms with E-state index in [-0.39, 0.29) is 4.90 Å². The smallest absolute Gasteiger partial charge is 0.238 e. The Morgan fingerprint density at radius 3 is 2.50 bits per heavy atom. The Balaban J connectivity index is 1.83. The quantitative estimate of drug-likeness (QED) is 0.728. The minimum atomic E-state index is -3.63. The van der Waals surface area contributed by atoms with Crippen LogP contribution in [0.15, 0.2) is 29.2 Å². The molecular formula is C15H23N3O2S2. The van der Waals surface area contributed by atoms with Gasteiger partial charge in [-0.25, -0.2) is 13.6 Å². The van der Waals surface area contributed by atoms with Crippen molar-refractivity contribution in [1.82, 2.24) is 10.6 Å². The van der Waals surface area contributed by atoms with Gasteiger partial charge in [-0.15, -0.1) is 0 Å². The lowest BCUT2D eigenvalue weighted by Gasteiger charge is -2.30. The second kappa shape index (κ2) is 7.39. The van der Waals surface area contributed by atoms with Crippen molar-refractivity contribution < 1.29 is 8.42 Å². The predicted octanol–water partition coefficient (Wildman–Crippen LogP) is 1.88. The molecule has 1 aliphatic rings. The second-order valence-electron chi connectivity index (χ2n) is 5.88. The van der Waals surface area contributed by atoms with Crippen LogP contribution in [0.4, 0.5) is 0 Å². The van der Waals surface area contributed by atoms with Crippen molar-refractivity contribution in [3.63, 3.8) is 0 Å². The first kappa shape index (κ1) is 17.2. The molecule has 2 rings (SSSR count). The van der Waals surface area contributed by atoms with Crippen molar-refractivity contribution in [2.24, 2.45) is 11.1 Å². The lowest BCUT2D eigenvalue weighted by atomic mass is 9.86. The van der Waals surface area contributed by atoms with E-state index >= 15 is 0 Å². The highest BCUT2D eigenvalue weighted by Crippen LogP contribution is 2.23. The third kappa shape index (κ3) is 4.93. The highest BCUT2D eigenvalue weighted by atomic mass is 32.2. The van der Waals surface area contributed by atoms with Crippen LogP contribution in [0, 0.1) is 5.92 Å². The fourth-order valence-electron chi connectivity index (χ4n) is 2.73. The van der Waals surface area contributed by atoms with Crippen molar-refractivity contribution in [1.29, 1.82) is 0 Å². The summed E-state index contributed by atoms with van der Waals surface area (Å²) in [5.74, 6) is 0.641. The zero-order valence-electron chi connectivity index (χ0n) is 12.7. The molecule has 1 aromatic rings. The van der Waals surface area contributed by atoms with E-state index in [9.17, 15) is 8.42 Å². The zero-order chi connectivity index (χ0) is 16.2. The minimum Gasteiger partial charge on any atom is -0.360 e. The molecule has 1 aliphatic carbocycles. The molecule has 0 bridgehead atoms. The number of sulfonamides is 1. The number of hydrogen-bond donors (Lipinski definition) is 3. The van der Waals surface area contributed by atoms with E-state index < -0.39 is 10.0 Å². The molecule has 1 aromatic carbocycles. The largest absolute Gasteiger partial charge is 0.360 e. The average Bonchev–Trinajstić information content (AvgIpc) is 2.47. The number of primary sulfonamides is 1. The monoisotopic (exact) mass is 341 g/mol. The van der Waals surface area contributed by atoms with Gasteiger partial charge >= 0.3 is 0 Å². The van der Waals surface area contributed by atoms with Crippen LogP contribution in [0.2, 0.25) is 0 Å². The van der Waals surface area contributed by atoms with Gasteiger partial charge in [0, 0.05) is 12.6 Å². The van der Waals surface area contributed by atoms with E-state index in [4.69, 9.17) is 17.4 Å². The summed E-state index contributed by atoms with van der Waals surface area (Å²) in [7, 11) is -3.63. The van der Waals surface area contributed by atoms with Gasteiger partial charge in [-0.2, -0.15) is 0 Å². The van der Waals surface area contributed by atoms with Crippen LogP contribution in [0.5, 0.6) is 0 Å². The number of rotatable bonds is 4. The first-order valence-electron chi connectivity index (χ1n) is 7.52. The highest BCUT2D eigenvalue weighted by Gasteiger charge is 2.21. The van der Waals surface area contributed by atoms with E-state index in [1.54, 1.807) is 12.1 Å². The molecule has 22 heavy (non-hydrogen) atoms. The lowest BCUT2D eigenvalue weighted by molar-refractivity contribution is 0.308. The Hall–Kier alpha value is -1.18. The topological polar surface area (TPSA) is 84.2 Å². The Morgan fingerprint density at radius 1 is 1.27 bits per heavy atom. The Kier molecular flexibility index (Phi) is 5.77. The van der Waals surface area contributed by atoms with E-state index in [0.29, 0.717) is 23.6 Å². The number of hydrogen-bond acceptors (Lipinski definition) is 3. The Labute approximate surface area is 137 Å². The number of thiocarbonyl (C=S) groups is 1. The molecule has 0 spiro atoms. The van der Waals surface area contributed by atoms with E-state index in [1.165, 1.54) is 31.4 Å². The molecule has 0 aromatic heterocycles. The Bertz CT molecular complexity index is 614. The van der Waals surface area contributed by atoms with Crippen LogP contribution in [0.1, 0.15) is 38.2 Å². The maximum Gasteiger partial charge on any atom is 0.238 e. The standard InChI is InChI=1S/C15H23N3O2S2/c1-11-4-2-3-5-14(11)18-15(21)17-10-12-6-8-13(9-7-12)22(16,19)20/h6-9,11,14H,2-5,10H2,1H3,(H2,16,19,20)(H2,17,18,21)/t11-,14+/m0/s1. The van der Waals surface area contributed by atoms with Gasteiger partial charge in [-0.3, -0.25) is 0 Å². The summed E-state index contributed by atoms with van der Waals surface area (Å²) in [5.41, 5.74) is 0.952. The summed E-state index contributed by atoms with van der Waals surface area (Å²) in [6.07, 6.45) is 4.96. The SMILES string of the molecule is C[C@H]1CCCC[C@H]1NC(=S)NCc1ccc(S(N)(=O)=O)cc1. The van der Waals surface area contributed by atoms with Crippen LogP contribution in [0.3, 0.4) is 0 Å². The van der Waals surface area contributed by atoms with Gasteiger partial charge in [0.25, 0.3) is 0 Å². The number of nitrogens with one attached hydrogen (secondary N) is 2. The van der Waals surface area contributed by atoms with Crippen molar-refractivity contribution in [2.75, 3.05) is 0 Å². The third-order valence-electron chi connectivity index (χ3n) is 4.13. The first-order valence-corrected chi connectivity index (χ1v) is 9.48. The highest BCUT2D eigenvalue weighted by molar-refractivity contribution is 7.89. The van der Waals surface area contributed by atoms with Crippen LogP contribution < -0.4 is 15.8 Å².